The van der Waals surface area contributed by atoms with Crippen molar-refractivity contribution < 1.29 is 4.79 Å². The molecular formula is C14H22N2O. The maximum Gasteiger partial charge on any atom is 0.244 e. The maximum absolute atomic E-state index is 12.2. The molecule has 0 aliphatic carbocycles. The summed E-state index contributed by atoms with van der Waals surface area (Å²) in [6.07, 6.45) is 2.07. The average molecular weight is 234 g/mol. The molecule has 1 amide bonds. The van der Waals surface area contributed by atoms with Crippen LogP contribution in [0.15, 0.2) is 30.3 Å². The molecule has 0 spiro atoms. The van der Waals surface area contributed by atoms with Gasteiger partial charge in [-0.1, -0.05) is 43.7 Å². The van der Waals surface area contributed by atoms with Gasteiger partial charge in [0, 0.05) is 13.1 Å². The molecule has 0 aliphatic rings. The highest BCUT2D eigenvalue weighted by Crippen LogP contribution is 2.14. The standard InChI is InChI=1S/C14H22N2O/c1-4-8-11(2)16(3)14(17)13(15)12-9-6-5-7-10-12/h5-7,9-11,13H,4,8,15H2,1-3H3/t11?,13-/m1/s1. The number of benzene rings is 1. The van der Waals surface area contributed by atoms with Crippen LogP contribution in [0.2, 0.25) is 0 Å². The van der Waals surface area contributed by atoms with Gasteiger partial charge in [0.15, 0.2) is 0 Å². The third-order valence-corrected chi connectivity index (χ3v) is 3.14. The summed E-state index contributed by atoms with van der Waals surface area (Å²) in [6.45, 7) is 4.17. The van der Waals surface area contributed by atoms with Crippen molar-refractivity contribution in [3.63, 3.8) is 0 Å². The Morgan fingerprint density at radius 3 is 2.47 bits per heavy atom. The molecule has 1 aromatic carbocycles. The molecule has 2 atom stereocenters. The minimum absolute atomic E-state index is 0.0165. The minimum Gasteiger partial charge on any atom is -0.341 e. The summed E-state index contributed by atoms with van der Waals surface area (Å²) < 4.78 is 0. The summed E-state index contributed by atoms with van der Waals surface area (Å²) in [5, 5.41) is 0. The molecule has 1 aromatic rings. The molecule has 0 heterocycles. The Labute approximate surface area is 104 Å². The van der Waals surface area contributed by atoms with Crippen LogP contribution in [-0.2, 0) is 4.79 Å². The molecule has 94 valence electrons. The third kappa shape index (κ3) is 3.56. The number of nitrogens with zero attached hydrogens (tertiary/aromatic N) is 1. The van der Waals surface area contributed by atoms with Gasteiger partial charge in [-0.15, -0.1) is 0 Å². The molecule has 17 heavy (non-hydrogen) atoms. The first-order chi connectivity index (χ1) is 8.07. The number of nitrogens with two attached hydrogens (primary N) is 1. The predicted molar refractivity (Wildman–Crippen MR) is 70.5 cm³/mol. The van der Waals surface area contributed by atoms with Gasteiger partial charge in [-0.3, -0.25) is 4.79 Å². The first kappa shape index (κ1) is 13.7. The van der Waals surface area contributed by atoms with Crippen molar-refractivity contribution in [2.45, 2.75) is 38.8 Å². The van der Waals surface area contributed by atoms with E-state index in [0.717, 1.165) is 18.4 Å². The summed E-state index contributed by atoms with van der Waals surface area (Å²) in [7, 11) is 1.82. The molecule has 1 unspecified atom stereocenters. The topological polar surface area (TPSA) is 46.3 Å². The van der Waals surface area contributed by atoms with Gasteiger partial charge in [-0.2, -0.15) is 0 Å². The highest BCUT2D eigenvalue weighted by Gasteiger charge is 2.22. The van der Waals surface area contributed by atoms with Crippen molar-refractivity contribution in [3.05, 3.63) is 35.9 Å². The van der Waals surface area contributed by atoms with Crippen molar-refractivity contribution in [1.29, 1.82) is 0 Å². The third-order valence-electron chi connectivity index (χ3n) is 3.14. The van der Waals surface area contributed by atoms with E-state index < -0.39 is 6.04 Å². The van der Waals surface area contributed by atoms with Gasteiger partial charge < -0.3 is 10.6 Å². The molecule has 0 radical (unpaired) electrons. The Kier molecular flexibility index (Phi) is 5.16. The number of carbonyl (C=O) groups is 1. The zero-order chi connectivity index (χ0) is 12.8. The molecule has 3 nitrogen and oxygen atoms in total. The fourth-order valence-electron chi connectivity index (χ4n) is 1.85. The fraction of sp³-hybridized carbons (Fsp3) is 0.500. The fourth-order valence-corrected chi connectivity index (χ4v) is 1.85. The zero-order valence-electron chi connectivity index (χ0n) is 10.9. The van der Waals surface area contributed by atoms with Crippen molar-refractivity contribution in [1.82, 2.24) is 4.90 Å². The first-order valence-corrected chi connectivity index (χ1v) is 6.15. The van der Waals surface area contributed by atoms with Gasteiger partial charge >= 0.3 is 0 Å². The summed E-state index contributed by atoms with van der Waals surface area (Å²) in [5.74, 6) is -0.0165. The van der Waals surface area contributed by atoms with Crippen LogP contribution < -0.4 is 5.73 Å². The van der Waals surface area contributed by atoms with E-state index in [9.17, 15) is 4.79 Å². The van der Waals surface area contributed by atoms with Gasteiger partial charge in [0.2, 0.25) is 5.91 Å². The smallest absolute Gasteiger partial charge is 0.244 e. The largest absolute Gasteiger partial charge is 0.341 e. The van der Waals surface area contributed by atoms with Gasteiger partial charge in [0.05, 0.1) is 0 Å². The number of carbonyl (C=O) groups excluding carboxylic acids is 1. The Morgan fingerprint density at radius 2 is 1.94 bits per heavy atom. The summed E-state index contributed by atoms with van der Waals surface area (Å²) >= 11 is 0. The van der Waals surface area contributed by atoms with E-state index >= 15 is 0 Å². The predicted octanol–water partition coefficient (Wildman–Crippen LogP) is 2.33. The Balaban J connectivity index is 2.70. The second-order valence-corrected chi connectivity index (χ2v) is 4.48. The number of likely N-dealkylation sites (N-methyl/N-ethyl adjacent to an activating group) is 1. The molecule has 0 saturated carbocycles. The van der Waals surface area contributed by atoms with E-state index in [1.165, 1.54) is 0 Å². The van der Waals surface area contributed by atoms with Crippen LogP contribution >= 0.6 is 0 Å². The van der Waals surface area contributed by atoms with Crippen LogP contribution in [0, 0.1) is 0 Å². The minimum atomic E-state index is -0.555. The highest BCUT2D eigenvalue weighted by molar-refractivity contribution is 5.83. The van der Waals surface area contributed by atoms with Crippen LogP contribution in [0.3, 0.4) is 0 Å². The van der Waals surface area contributed by atoms with Crippen LogP contribution in [0.25, 0.3) is 0 Å². The zero-order valence-corrected chi connectivity index (χ0v) is 10.9. The Bertz CT molecular complexity index is 350. The van der Waals surface area contributed by atoms with E-state index in [1.54, 1.807) is 4.90 Å². The summed E-state index contributed by atoms with van der Waals surface area (Å²) in [4.78, 5) is 13.9. The lowest BCUT2D eigenvalue weighted by atomic mass is 10.1. The van der Waals surface area contributed by atoms with E-state index in [4.69, 9.17) is 5.73 Å². The Hall–Kier alpha value is -1.35. The number of hydrogen-bond acceptors (Lipinski definition) is 2. The van der Waals surface area contributed by atoms with E-state index in [2.05, 4.69) is 13.8 Å². The SMILES string of the molecule is CCCC(C)N(C)C(=O)[C@H](N)c1ccccc1. The number of hydrogen-bond donors (Lipinski definition) is 1. The quantitative estimate of drug-likeness (QED) is 0.850. The van der Waals surface area contributed by atoms with Crippen LogP contribution in [-0.4, -0.2) is 23.9 Å². The maximum atomic E-state index is 12.2. The first-order valence-electron chi connectivity index (χ1n) is 6.15. The lowest BCUT2D eigenvalue weighted by Crippen LogP contribution is -2.41. The van der Waals surface area contributed by atoms with E-state index in [0.29, 0.717) is 0 Å². The van der Waals surface area contributed by atoms with Crippen molar-refractivity contribution in [2.75, 3.05) is 7.05 Å². The highest BCUT2D eigenvalue weighted by atomic mass is 16.2. The van der Waals surface area contributed by atoms with Crippen LogP contribution in [0.5, 0.6) is 0 Å². The second-order valence-electron chi connectivity index (χ2n) is 4.48. The lowest BCUT2D eigenvalue weighted by Gasteiger charge is -2.27. The molecule has 2 N–H and O–H groups in total. The molecular weight excluding hydrogens is 212 g/mol. The number of amides is 1. The molecule has 0 saturated heterocycles. The summed E-state index contributed by atoms with van der Waals surface area (Å²) in [6, 6.07) is 9.18. The Morgan fingerprint density at radius 1 is 1.35 bits per heavy atom. The molecule has 0 bridgehead atoms. The molecule has 0 fully saturated rings. The van der Waals surface area contributed by atoms with Crippen LogP contribution in [0.1, 0.15) is 38.3 Å². The van der Waals surface area contributed by atoms with Crippen molar-refractivity contribution in [3.8, 4) is 0 Å². The van der Waals surface area contributed by atoms with Gasteiger partial charge in [0.1, 0.15) is 6.04 Å². The lowest BCUT2D eigenvalue weighted by molar-refractivity contribution is -0.133. The normalized spacial score (nSPS) is 14.1. The molecule has 3 heteroatoms. The van der Waals surface area contributed by atoms with Gasteiger partial charge in [-0.25, -0.2) is 0 Å². The number of rotatable bonds is 5. The molecule has 1 rings (SSSR count). The van der Waals surface area contributed by atoms with Gasteiger partial charge in [-0.05, 0) is 18.9 Å². The molecule has 0 aromatic heterocycles. The average Bonchev–Trinajstić information content (AvgIpc) is 2.37. The molecule has 0 aliphatic heterocycles. The van der Waals surface area contributed by atoms with E-state index in [1.807, 2.05) is 37.4 Å². The van der Waals surface area contributed by atoms with Crippen molar-refractivity contribution in [2.24, 2.45) is 5.73 Å². The van der Waals surface area contributed by atoms with Crippen molar-refractivity contribution >= 4 is 5.91 Å². The second kappa shape index (κ2) is 6.40. The monoisotopic (exact) mass is 234 g/mol. The van der Waals surface area contributed by atoms with Gasteiger partial charge in [0.25, 0.3) is 0 Å². The summed E-state index contributed by atoms with van der Waals surface area (Å²) in [5.41, 5.74) is 6.85. The van der Waals surface area contributed by atoms with E-state index in [-0.39, 0.29) is 11.9 Å². The van der Waals surface area contributed by atoms with Crippen LogP contribution in [0.4, 0.5) is 0 Å².